The van der Waals surface area contributed by atoms with E-state index in [-0.39, 0.29) is 5.82 Å². The van der Waals surface area contributed by atoms with E-state index in [0.717, 1.165) is 12.0 Å². The molecule has 2 aromatic carbocycles. The quantitative estimate of drug-likeness (QED) is 0.809. The number of hydrogen-bond acceptors (Lipinski definition) is 1. The Morgan fingerprint density at radius 2 is 1.76 bits per heavy atom. The molecular formula is C19H22FN. The van der Waals surface area contributed by atoms with Crippen molar-refractivity contribution in [3.8, 4) is 0 Å². The highest BCUT2D eigenvalue weighted by molar-refractivity contribution is 5.48. The van der Waals surface area contributed by atoms with Crippen LogP contribution >= 0.6 is 0 Å². The first kappa shape index (κ1) is 14.1. The molecule has 2 heteroatoms. The van der Waals surface area contributed by atoms with Gasteiger partial charge in [-0.05, 0) is 43.0 Å². The molecule has 1 N–H and O–H groups in total. The third-order valence-electron chi connectivity index (χ3n) is 4.46. The molecule has 1 saturated carbocycles. The summed E-state index contributed by atoms with van der Waals surface area (Å²) in [5.74, 6) is 0.327. The minimum Gasteiger partial charge on any atom is -0.379 e. The van der Waals surface area contributed by atoms with E-state index in [1.807, 2.05) is 19.1 Å². The van der Waals surface area contributed by atoms with Crippen LogP contribution < -0.4 is 5.32 Å². The smallest absolute Gasteiger partial charge is 0.146 e. The lowest BCUT2D eigenvalue weighted by atomic mass is 9.80. The maximum absolute atomic E-state index is 14.1. The van der Waals surface area contributed by atoms with Crippen molar-refractivity contribution in [1.29, 1.82) is 0 Å². The molecule has 0 saturated heterocycles. The Labute approximate surface area is 126 Å². The Balaban J connectivity index is 1.81. The zero-order valence-corrected chi connectivity index (χ0v) is 12.5. The van der Waals surface area contributed by atoms with Gasteiger partial charge in [-0.15, -0.1) is 0 Å². The highest BCUT2D eigenvalue weighted by atomic mass is 19.1. The SMILES string of the molecule is Cc1ccc(NC2CCCCC2c2ccccc2)c(F)c1. The average molecular weight is 283 g/mol. The number of nitrogens with one attached hydrogen (secondary N) is 1. The van der Waals surface area contributed by atoms with E-state index in [2.05, 4.69) is 35.6 Å². The zero-order valence-electron chi connectivity index (χ0n) is 12.5. The van der Waals surface area contributed by atoms with E-state index < -0.39 is 0 Å². The van der Waals surface area contributed by atoms with E-state index in [4.69, 9.17) is 0 Å². The lowest BCUT2D eigenvalue weighted by molar-refractivity contribution is 0.404. The second-order valence-electron chi connectivity index (χ2n) is 6.04. The number of benzene rings is 2. The fraction of sp³-hybridized carbons (Fsp3) is 0.368. The highest BCUT2D eigenvalue weighted by Crippen LogP contribution is 2.35. The molecule has 110 valence electrons. The van der Waals surface area contributed by atoms with Crippen molar-refractivity contribution in [2.45, 2.75) is 44.6 Å². The normalized spacial score (nSPS) is 22.0. The first-order chi connectivity index (χ1) is 10.2. The number of aryl methyl sites for hydroxylation is 1. The van der Waals surface area contributed by atoms with Gasteiger partial charge in [0.1, 0.15) is 5.82 Å². The Bertz CT molecular complexity index is 594. The van der Waals surface area contributed by atoms with Gasteiger partial charge in [-0.25, -0.2) is 4.39 Å². The molecule has 2 aromatic rings. The van der Waals surface area contributed by atoms with Crippen LogP contribution in [0.1, 0.15) is 42.7 Å². The average Bonchev–Trinajstić information content (AvgIpc) is 2.51. The predicted molar refractivity (Wildman–Crippen MR) is 86.2 cm³/mol. The summed E-state index contributed by atoms with van der Waals surface area (Å²) in [6, 6.07) is 16.4. The first-order valence-corrected chi connectivity index (χ1v) is 7.81. The third kappa shape index (κ3) is 3.26. The zero-order chi connectivity index (χ0) is 14.7. The predicted octanol–water partition coefficient (Wildman–Crippen LogP) is 5.27. The van der Waals surface area contributed by atoms with Crippen LogP contribution in [0.25, 0.3) is 0 Å². The molecule has 21 heavy (non-hydrogen) atoms. The number of rotatable bonds is 3. The number of halogens is 1. The van der Waals surface area contributed by atoms with Gasteiger partial charge in [0.2, 0.25) is 0 Å². The molecule has 0 spiro atoms. The lowest BCUT2D eigenvalue weighted by Crippen LogP contribution is -2.31. The van der Waals surface area contributed by atoms with Gasteiger partial charge in [0.15, 0.2) is 0 Å². The van der Waals surface area contributed by atoms with Crippen molar-refractivity contribution < 1.29 is 4.39 Å². The summed E-state index contributed by atoms with van der Waals surface area (Å²) in [5, 5.41) is 3.45. The molecule has 0 aliphatic heterocycles. The highest BCUT2D eigenvalue weighted by Gasteiger charge is 2.26. The molecule has 0 amide bonds. The van der Waals surface area contributed by atoms with E-state index in [0.29, 0.717) is 17.6 Å². The summed E-state index contributed by atoms with van der Waals surface area (Å²) in [6.45, 7) is 1.92. The molecule has 0 bridgehead atoms. The van der Waals surface area contributed by atoms with Crippen LogP contribution in [-0.2, 0) is 0 Å². The number of hydrogen-bond donors (Lipinski definition) is 1. The van der Waals surface area contributed by atoms with Crippen LogP contribution in [0, 0.1) is 12.7 Å². The minimum atomic E-state index is -0.146. The van der Waals surface area contributed by atoms with Gasteiger partial charge in [-0.2, -0.15) is 0 Å². The van der Waals surface area contributed by atoms with Crippen LogP contribution in [0.5, 0.6) is 0 Å². The second kappa shape index (κ2) is 6.30. The maximum atomic E-state index is 14.1. The lowest BCUT2D eigenvalue weighted by Gasteiger charge is -2.33. The Hall–Kier alpha value is -1.83. The Morgan fingerprint density at radius 1 is 1.00 bits per heavy atom. The molecule has 0 radical (unpaired) electrons. The summed E-state index contributed by atoms with van der Waals surface area (Å²) < 4.78 is 14.1. The van der Waals surface area contributed by atoms with Gasteiger partial charge >= 0.3 is 0 Å². The van der Waals surface area contributed by atoms with Crippen molar-refractivity contribution >= 4 is 5.69 Å². The standard InChI is InChI=1S/C19H22FN/c1-14-11-12-19(17(20)13-14)21-18-10-6-5-9-16(18)15-7-3-2-4-8-15/h2-4,7-8,11-13,16,18,21H,5-6,9-10H2,1H3. The topological polar surface area (TPSA) is 12.0 Å². The van der Waals surface area contributed by atoms with Crippen molar-refractivity contribution in [1.82, 2.24) is 0 Å². The minimum absolute atomic E-state index is 0.146. The summed E-state index contributed by atoms with van der Waals surface area (Å²) in [4.78, 5) is 0. The maximum Gasteiger partial charge on any atom is 0.146 e. The fourth-order valence-electron chi connectivity index (χ4n) is 3.34. The van der Waals surface area contributed by atoms with Crippen LogP contribution in [0.3, 0.4) is 0 Å². The van der Waals surface area contributed by atoms with Gasteiger partial charge in [0, 0.05) is 12.0 Å². The molecule has 1 nitrogen and oxygen atoms in total. The van der Waals surface area contributed by atoms with Crippen molar-refractivity contribution in [2.75, 3.05) is 5.32 Å². The van der Waals surface area contributed by atoms with Crippen LogP contribution in [0.2, 0.25) is 0 Å². The van der Waals surface area contributed by atoms with Gasteiger partial charge < -0.3 is 5.32 Å². The van der Waals surface area contributed by atoms with Crippen molar-refractivity contribution in [3.63, 3.8) is 0 Å². The van der Waals surface area contributed by atoms with Gasteiger partial charge in [-0.3, -0.25) is 0 Å². The van der Waals surface area contributed by atoms with Crippen LogP contribution in [0.4, 0.5) is 10.1 Å². The molecule has 0 heterocycles. The molecule has 2 atom stereocenters. The molecule has 0 aromatic heterocycles. The Kier molecular flexibility index (Phi) is 4.23. The van der Waals surface area contributed by atoms with E-state index in [1.165, 1.54) is 24.8 Å². The van der Waals surface area contributed by atoms with E-state index in [9.17, 15) is 4.39 Å². The van der Waals surface area contributed by atoms with Crippen molar-refractivity contribution in [2.24, 2.45) is 0 Å². The summed E-state index contributed by atoms with van der Waals surface area (Å²) in [6.07, 6.45) is 4.75. The number of anilines is 1. The van der Waals surface area contributed by atoms with Crippen LogP contribution in [-0.4, -0.2) is 6.04 Å². The van der Waals surface area contributed by atoms with Gasteiger partial charge in [0.25, 0.3) is 0 Å². The third-order valence-corrected chi connectivity index (χ3v) is 4.46. The van der Waals surface area contributed by atoms with E-state index in [1.54, 1.807) is 6.07 Å². The molecular weight excluding hydrogens is 261 g/mol. The van der Waals surface area contributed by atoms with Gasteiger partial charge in [0.05, 0.1) is 5.69 Å². The fourth-order valence-corrected chi connectivity index (χ4v) is 3.34. The largest absolute Gasteiger partial charge is 0.379 e. The van der Waals surface area contributed by atoms with E-state index >= 15 is 0 Å². The summed E-state index contributed by atoms with van der Waals surface area (Å²) >= 11 is 0. The first-order valence-electron chi connectivity index (χ1n) is 7.81. The van der Waals surface area contributed by atoms with Gasteiger partial charge in [-0.1, -0.05) is 49.2 Å². The molecule has 1 aliphatic carbocycles. The van der Waals surface area contributed by atoms with Crippen LogP contribution in [0.15, 0.2) is 48.5 Å². The second-order valence-corrected chi connectivity index (χ2v) is 6.04. The summed E-state index contributed by atoms with van der Waals surface area (Å²) in [7, 11) is 0. The Morgan fingerprint density at radius 3 is 2.52 bits per heavy atom. The molecule has 1 fully saturated rings. The molecule has 1 aliphatic rings. The molecule has 2 unspecified atom stereocenters. The van der Waals surface area contributed by atoms with Crippen molar-refractivity contribution in [3.05, 3.63) is 65.5 Å². The monoisotopic (exact) mass is 283 g/mol. The molecule has 3 rings (SSSR count). The summed E-state index contributed by atoms with van der Waals surface area (Å²) in [5.41, 5.74) is 2.96.